The van der Waals surface area contributed by atoms with E-state index in [-0.39, 0.29) is 6.61 Å². The Balaban J connectivity index is 2.58. The SMILES string of the molecule is C#CCOc1ccc(C[C@@H](N)C(=O)O)cc1. The molecule has 0 aliphatic heterocycles. The standard InChI is InChI=1S/C12H13NO3/c1-2-7-16-10-5-3-9(4-6-10)8-11(13)12(14)15/h1,3-6,11H,7-8,13H2,(H,14,15)/t11-/m1/s1. The van der Waals surface area contributed by atoms with E-state index in [1.54, 1.807) is 24.3 Å². The van der Waals surface area contributed by atoms with Gasteiger partial charge in [-0.1, -0.05) is 18.1 Å². The normalized spacial score (nSPS) is 11.5. The molecule has 0 bridgehead atoms. The Morgan fingerprint density at radius 3 is 2.62 bits per heavy atom. The second-order valence-corrected chi connectivity index (χ2v) is 3.29. The topological polar surface area (TPSA) is 72.5 Å². The van der Waals surface area contributed by atoms with Crippen molar-refractivity contribution in [3.8, 4) is 18.1 Å². The minimum atomic E-state index is -1.01. The Hall–Kier alpha value is -1.99. The molecule has 0 fully saturated rings. The molecule has 1 rings (SSSR count). The van der Waals surface area contributed by atoms with Crippen molar-refractivity contribution in [1.82, 2.24) is 0 Å². The van der Waals surface area contributed by atoms with Crippen LogP contribution in [0.1, 0.15) is 5.56 Å². The van der Waals surface area contributed by atoms with Crippen molar-refractivity contribution < 1.29 is 14.6 Å². The number of carbonyl (C=O) groups is 1. The van der Waals surface area contributed by atoms with Gasteiger partial charge in [0.2, 0.25) is 0 Å². The van der Waals surface area contributed by atoms with Crippen LogP contribution in [0, 0.1) is 12.3 Å². The van der Waals surface area contributed by atoms with Crippen molar-refractivity contribution in [1.29, 1.82) is 0 Å². The van der Waals surface area contributed by atoms with Crippen LogP contribution in [0.25, 0.3) is 0 Å². The third-order valence-corrected chi connectivity index (χ3v) is 2.02. The maximum atomic E-state index is 10.5. The van der Waals surface area contributed by atoms with Gasteiger partial charge in [-0.3, -0.25) is 4.79 Å². The lowest BCUT2D eigenvalue weighted by Gasteiger charge is -2.07. The molecule has 0 aromatic heterocycles. The van der Waals surface area contributed by atoms with Crippen molar-refractivity contribution in [2.75, 3.05) is 6.61 Å². The first-order chi connectivity index (χ1) is 7.63. The summed E-state index contributed by atoms with van der Waals surface area (Å²) in [5.74, 6) is 2.01. The third kappa shape index (κ3) is 3.64. The van der Waals surface area contributed by atoms with Crippen LogP contribution < -0.4 is 10.5 Å². The molecular formula is C12H13NO3. The van der Waals surface area contributed by atoms with Gasteiger partial charge in [-0.15, -0.1) is 6.42 Å². The highest BCUT2D eigenvalue weighted by molar-refractivity contribution is 5.73. The first-order valence-electron chi connectivity index (χ1n) is 4.77. The van der Waals surface area contributed by atoms with Crippen LogP contribution in [0.5, 0.6) is 5.75 Å². The first kappa shape index (κ1) is 12.1. The minimum Gasteiger partial charge on any atom is -0.481 e. The van der Waals surface area contributed by atoms with E-state index in [1.807, 2.05) is 0 Å². The van der Waals surface area contributed by atoms with Gasteiger partial charge < -0.3 is 15.6 Å². The minimum absolute atomic E-state index is 0.216. The summed E-state index contributed by atoms with van der Waals surface area (Å²) in [7, 11) is 0. The van der Waals surface area contributed by atoms with E-state index in [9.17, 15) is 4.79 Å². The Kier molecular flexibility index (Phi) is 4.37. The number of hydrogen-bond acceptors (Lipinski definition) is 3. The zero-order valence-electron chi connectivity index (χ0n) is 8.72. The molecule has 0 radical (unpaired) electrons. The van der Waals surface area contributed by atoms with Crippen LogP contribution in [0.2, 0.25) is 0 Å². The number of carboxylic acid groups (broad SMARTS) is 1. The predicted molar refractivity (Wildman–Crippen MR) is 60.1 cm³/mol. The van der Waals surface area contributed by atoms with Gasteiger partial charge in [0.05, 0.1) is 0 Å². The van der Waals surface area contributed by atoms with Crippen LogP contribution in [-0.4, -0.2) is 23.7 Å². The van der Waals surface area contributed by atoms with E-state index in [4.69, 9.17) is 22.0 Å². The van der Waals surface area contributed by atoms with Crippen molar-refractivity contribution in [2.24, 2.45) is 5.73 Å². The van der Waals surface area contributed by atoms with E-state index in [1.165, 1.54) is 0 Å². The van der Waals surface area contributed by atoms with Gasteiger partial charge in [0.25, 0.3) is 0 Å². The smallest absolute Gasteiger partial charge is 0.320 e. The van der Waals surface area contributed by atoms with Crippen molar-refractivity contribution >= 4 is 5.97 Å². The molecule has 1 atom stereocenters. The summed E-state index contributed by atoms with van der Waals surface area (Å²) in [6, 6.07) is 6.14. The second kappa shape index (κ2) is 5.79. The Bertz CT molecular complexity index is 392. The molecule has 84 valence electrons. The summed E-state index contributed by atoms with van der Waals surface area (Å²) in [6.07, 6.45) is 5.35. The van der Waals surface area contributed by atoms with E-state index in [2.05, 4.69) is 5.92 Å². The van der Waals surface area contributed by atoms with Crippen molar-refractivity contribution in [2.45, 2.75) is 12.5 Å². The highest BCUT2D eigenvalue weighted by Crippen LogP contribution is 2.13. The predicted octanol–water partition coefficient (Wildman–Crippen LogP) is 0.653. The number of hydrogen-bond donors (Lipinski definition) is 2. The molecular weight excluding hydrogens is 206 g/mol. The number of carboxylic acids is 1. The Morgan fingerprint density at radius 1 is 1.50 bits per heavy atom. The molecule has 16 heavy (non-hydrogen) atoms. The summed E-state index contributed by atoms with van der Waals surface area (Å²) < 4.78 is 5.18. The number of nitrogens with two attached hydrogens (primary N) is 1. The van der Waals surface area contributed by atoms with Crippen molar-refractivity contribution in [3.05, 3.63) is 29.8 Å². The van der Waals surface area contributed by atoms with Gasteiger partial charge in [-0.25, -0.2) is 0 Å². The molecule has 0 amide bonds. The van der Waals surface area contributed by atoms with Gasteiger partial charge >= 0.3 is 5.97 Å². The fraction of sp³-hybridized carbons (Fsp3) is 0.250. The fourth-order valence-corrected chi connectivity index (χ4v) is 1.19. The molecule has 0 saturated carbocycles. The molecule has 0 aliphatic carbocycles. The van der Waals surface area contributed by atoms with E-state index in [0.29, 0.717) is 12.2 Å². The largest absolute Gasteiger partial charge is 0.481 e. The van der Waals surface area contributed by atoms with E-state index >= 15 is 0 Å². The summed E-state index contributed by atoms with van der Waals surface area (Å²) in [6.45, 7) is 0.216. The molecule has 1 aromatic carbocycles. The average Bonchev–Trinajstić information content (AvgIpc) is 2.28. The van der Waals surface area contributed by atoms with Gasteiger partial charge in [0.1, 0.15) is 18.4 Å². The molecule has 0 heterocycles. The fourth-order valence-electron chi connectivity index (χ4n) is 1.19. The summed E-state index contributed by atoms with van der Waals surface area (Å²) in [5, 5.41) is 8.64. The quantitative estimate of drug-likeness (QED) is 0.713. The molecule has 0 saturated heterocycles. The van der Waals surface area contributed by atoms with E-state index in [0.717, 1.165) is 5.56 Å². The Morgan fingerprint density at radius 2 is 2.12 bits per heavy atom. The zero-order valence-corrected chi connectivity index (χ0v) is 8.72. The van der Waals surface area contributed by atoms with Crippen LogP contribution >= 0.6 is 0 Å². The molecule has 3 N–H and O–H groups in total. The lowest BCUT2D eigenvalue weighted by atomic mass is 10.1. The second-order valence-electron chi connectivity index (χ2n) is 3.29. The highest BCUT2D eigenvalue weighted by atomic mass is 16.5. The van der Waals surface area contributed by atoms with Gasteiger partial charge in [-0.05, 0) is 24.1 Å². The summed E-state index contributed by atoms with van der Waals surface area (Å²) >= 11 is 0. The first-order valence-corrected chi connectivity index (χ1v) is 4.77. The molecule has 0 spiro atoms. The van der Waals surface area contributed by atoms with Crippen LogP contribution in [-0.2, 0) is 11.2 Å². The summed E-state index contributed by atoms with van der Waals surface area (Å²) in [5.41, 5.74) is 6.26. The van der Waals surface area contributed by atoms with Gasteiger partial charge in [0.15, 0.2) is 0 Å². The maximum absolute atomic E-state index is 10.5. The molecule has 0 aliphatic rings. The van der Waals surface area contributed by atoms with Crippen LogP contribution in [0.4, 0.5) is 0 Å². The van der Waals surface area contributed by atoms with Crippen molar-refractivity contribution in [3.63, 3.8) is 0 Å². The third-order valence-electron chi connectivity index (χ3n) is 2.02. The van der Waals surface area contributed by atoms with Crippen LogP contribution in [0.3, 0.4) is 0 Å². The van der Waals surface area contributed by atoms with Crippen LogP contribution in [0.15, 0.2) is 24.3 Å². The molecule has 4 heteroatoms. The average molecular weight is 219 g/mol. The maximum Gasteiger partial charge on any atom is 0.320 e. The Labute approximate surface area is 94.0 Å². The molecule has 0 unspecified atom stereocenters. The zero-order chi connectivity index (χ0) is 12.0. The number of terminal acetylenes is 1. The molecule has 4 nitrogen and oxygen atoms in total. The monoisotopic (exact) mass is 219 g/mol. The highest BCUT2D eigenvalue weighted by Gasteiger charge is 2.11. The lowest BCUT2D eigenvalue weighted by molar-refractivity contribution is -0.138. The number of benzene rings is 1. The number of ether oxygens (including phenoxy) is 1. The lowest BCUT2D eigenvalue weighted by Crippen LogP contribution is -2.32. The summed E-state index contributed by atoms with van der Waals surface area (Å²) in [4.78, 5) is 10.5. The van der Waals surface area contributed by atoms with Gasteiger partial charge in [0, 0.05) is 0 Å². The molecule has 1 aromatic rings. The number of aliphatic carboxylic acids is 1. The van der Waals surface area contributed by atoms with E-state index < -0.39 is 12.0 Å². The number of rotatable bonds is 5. The van der Waals surface area contributed by atoms with Gasteiger partial charge in [-0.2, -0.15) is 0 Å².